The van der Waals surface area contributed by atoms with Gasteiger partial charge in [-0.25, -0.2) is 0 Å². The summed E-state index contributed by atoms with van der Waals surface area (Å²) in [5.74, 6) is 1.84. The monoisotopic (exact) mass is 299 g/mol. The number of rotatable bonds is 4. The Morgan fingerprint density at radius 2 is 1.64 bits per heavy atom. The third-order valence-corrected chi connectivity index (χ3v) is 3.11. The molecule has 22 heavy (non-hydrogen) atoms. The van der Waals surface area contributed by atoms with Crippen molar-refractivity contribution in [2.24, 2.45) is 10.2 Å². The van der Waals surface area contributed by atoms with Gasteiger partial charge in [0.2, 0.25) is 11.9 Å². The molecule has 0 fully saturated rings. The Morgan fingerprint density at radius 3 is 2.18 bits per heavy atom. The zero-order valence-corrected chi connectivity index (χ0v) is 13.8. The molecular weight excluding hydrogens is 278 g/mol. The van der Waals surface area contributed by atoms with Crippen molar-refractivity contribution in [3.8, 4) is 0 Å². The Labute approximate surface area is 130 Å². The van der Waals surface area contributed by atoms with E-state index in [1.54, 1.807) is 7.05 Å². The zero-order valence-electron chi connectivity index (χ0n) is 13.8. The summed E-state index contributed by atoms with van der Waals surface area (Å²) < 4.78 is 0. The number of hydrogen-bond donors (Lipinski definition) is 1. The molecule has 0 radical (unpaired) electrons. The number of benzene rings is 1. The van der Waals surface area contributed by atoms with Crippen molar-refractivity contribution in [1.82, 2.24) is 15.0 Å². The SMILES string of the molecule is CN=Nc1cc(C)c(Nc2nc(C)nc(N(C)C)n2)c(C)c1. The molecule has 0 amide bonds. The molecule has 7 heteroatoms. The lowest BCUT2D eigenvalue weighted by atomic mass is 10.1. The number of aryl methyl sites for hydroxylation is 3. The minimum Gasteiger partial charge on any atom is -0.347 e. The van der Waals surface area contributed by atoms with E-state index < -0.39 is 0 Å². The maximum atomic E-state index is 4.42. The molecular formula is C15H21N7. The topological polar surface area (TPSA) is 78.7 Å². The molecule has 0 aliphatic rings. The van der Waals surface area contributed by atoms with Crippen LogP contribution in [-0.4, -0.2) is 36.1 Å². The number of nitrogens with zero attached hydrogens (tertiary/aromatic N) is 6. The molecule has 116 valence electrons. The molecule has 0 aliphatic carbocycles. The van der Waals surface area contributed by atoms with Crippen molar-refractivity contribution in [2.45, 2.75) is 20.8 Å². The summed E-state index contributed by atoms with van der Waals surface area (Å²) in [5, 5.41) is 11.2. The highest BCUT2D eigenvalue weighted by Gasteiger charge is 2.10. The van der Waals surface area contributed by atoms with Gasteiger partial charge in [0.05, 0.1) is 5.69 Å². The van der Waals surface area contributed by atoms with Crippen LogP contribution in [0, 0.1) is 20.8 Å². The molecule has 1 N–H and O–H groups in total. The largest absolute Gasteiger partial charge is 0.347 e. The molecule has 0 bridgehead atoms. The van der Waals surface area contributed by atoms with Gasteiger partial charge in [-0.1, -0.05) is 0 Å². The van der Waals surface area contributed by atoms with Gasteiger partial charge in [0.25, 0.3) is 0 Å². The second kappa shape index (κ2) is 6.46. The van der Waals surface area contributed by atoms with Crippen LogP contribution in [0.2, 0.25) is 0 Å². The van der Waals surface area contributed by atoms with Crippen molar-refractivity contribution in [1.29, 1.82) is 0 Å². The lowest BCUT2D eigenvalue weighted by Gasteiger charge is -2.15. The average Bonchev–Trinajstić information content (AvgIpc) is 2.42. The van der Waals surface area contributed by atoms with E-state index in [0.29, 0.717) is 17.7 Å². The number of hydrogen-bond acceptors (Lipinski definition) is 7. The van der Waals surface area contributed by atoms with Crippen molar-refractivity contribution in [3.05, 3.63) is 29.1 Å². The highest BCUT2D eigenvalue weighted by atomic mass is 15.3. The molecule has 7 nitrogen and oxygen atoms in total. The van der Waals surface area contributed by atoms with E-state index in [1.165, 1.54) is 0 Å². The molecule has 2 rings (SSSR count). The fourth-order valence-corrected chi connectivity index (χ4v) is 2.15. The second-order valence-corrected chi connectivity index (χ2v) is 5.28. The number of anilines is 3. The minimum absolute atomic E-state index is 0.535. The van der Waals surface area contributed by atoms with Gasteiger partial charge in [0, 0.05) is 26.8 Å². The van der Waals surface area contributed by atoms with E-state index in [-0.39, 0.29) is 0 Å². The van der Waals surface area contributed by atoms with E-state index in [2.05, 4.69) is 30.5 Å². The molecule has 0 atom stereocenters. The predicted octanol–water partition coefficient (Wildman–Crippen LogP) is 3.32. The van der Waals surface area contributed by atoms with Crippen LogP contribution in [0.1, 0.15) is 17.0 Å². The molecule has 0 saturated carbocycles. The lowest BCUT2D eigenvalue weighted by molar-refractivity contribution is 0.922. The van der Waals surface area contributed by atoms with Gasteiger partial charge in [-0.15, -0.1) is 0 Å². The van der Waals surface area contributed by atoms with Gasteiger partial charge in [-0.05, 0) is 44.0 Å². The van der Waals surface area contributed by atoms with Gasteiger partial charge >= 0.3 is 0 Å². The summed E-state index contributed by atoms with van der Waals surface area (Å²) in [6.07, 6.45) is 0. The number of aromatic nitrogens is 3. The lowest BCUT2D eigenvalue weighted by Crippen LogP contribution is -2.15. The Hall–Kier alpha value is -2.57. The third-order valence-electron chi connectivity index (χ3n) is 3.11. The molecule has 0 saturated heterocycles. The second-order valence-electron chi connectivity index (χ2n) is 5.28. The maximum Gasteiger partial charge on any atom is 0.232 e. The van der Waals surface area contributed by atoms with Gasteiger partial charge < -0.3 is 10.2 Å². The third kappa shape index (κ3) is 3.55. The van der Waals surface area contributed by atoms with E-state index in [0.717, 1.165) is 22.5 Å². The van der Waals surface area contributed by atoms with Crippen LogP contribution in [0.25, 0.3) is 0 Å². The number of azo groups is 1. The Kier molecular flexibility index (Phi) is 4.65. The Balaban J connectivity index is 2.39. The van der Waals surface area contributed by atoms with Gasteiger partial charge in [-0.2, -0.15) is 25.2 Å². The van der Waals surface area contributed by atoms with E-state index >= 15 is 0 Å². The highest BCUT2D eigenvalue weighted by molar-refractivity contribution is 5.67. The maximum absolute atomic E-state index is 4.42. The summed E-state index contributed by atoms with van der Waals surface area (Å²) in [5.41, 5.74) is 3.94. The van der Waals surface area contributed by atoms with Crippen LogP contribution >= 0.6 is 0 Å². The molecule has 1 aromatic heterocycles. The van der Waals surface area contributed by atoms with E-state index in [4.69, 9.17) is 0 Å². The molecule has 1 aromatic carbocycles. The summed E-state index contributed by atoms with van der Waals surface area (Å²) in [6.45, 7) is 5.89. The van der Waals surface area contributed by atoms with Gasteiger partial charge in [-0.3, -0.25) is 0 Å². The van der Waals surface area contributed by atoms with Gasteiger partial charge in [0.1, 0.15) is 5.82 Å². The Bertz CT molecular complexity index is 684. The van der Waals surface area contributed by atoms with Gasteiger partial charge in [0.15, 0.2) is 0 Å². The first-order valence-electron chi connectivity index (χ1n) is 6.99. The minimum atomic E-state index is 0.535. The Morgan fingerprint density at radius 1 is 1.00 bits per heavy atom. The first kappa shape index (κ1) is 15.8. The van der Waals surface area contributed by atoms with Crippen LogP contribution in [0.4, 0.5) is 23.3 Å². The summed E-state index contributed by atoms with van der Waals surface area (Å²) in [6, 6.07) is 3.95. The predicted molar refractivity (Wildman–Crippen MR) is 88.5 cm³/mol. The van der Waals surface area contributed by atoms with E-state index in [9.17, 15) is 0 Å². The summed E-state index contributed by atoms with van der Waals surface area (Å²) >= 11 is 0. The molecule has 0 unspecified atom stereocenters. The average molecular weight is 299 g/mol. The highest BCUT2D eigenvalue weighted by Crippen LogP contribution is 2.28. The standard InChI is InChI=1S/C15H21N7/c1-9-7-12(21-16-4)8-10(2)13(9)19-14-17-11(3)18-15(20-14)22(5)6/h7-8H,1-6H3,(H,17,18,19,20). The van der Waals surface area contributed by atoms with Crippen LogP contribution < -0.4 is 10.2 Å². The molecule has 0 aliphatic heterocycles. The van der Waals surface area contributed by atoms with Crippen molar-refractivity contribution in [2.75, 3.05) is 31.4 Å². The molecule has 1 heterocycles. The van der Waals surface area contributed by atoms with Crippen LogP contribution in [0.3, 0.4) is 0 Å². The first-order valence-corrected chi connectivity index (χ1v) is 6.99. The number of nitrogens with one attached hydrogen (secondary N) is 1. The van der Waals surface area contributed by atoms with Crippen LogP contribution in [0.5, 0.6) is 0 Å². The van der Waals surface area contributed by atoms with Crippen molar-refractivity contribution in [3.63, 3.8) is 0 Å². The van der Waals surface area contributed by atoms with Crippen LogP contribution in [0.15, 0.2) is 22.4 Å². The zero-order chi connectivity index (χ0) is 16.3. The molecule has 2 aromatic rings. The van der Waals surface area contributed by atoms with Crippen molar-refractivity contribution >= 4 is 23.3 Å². The van der Waals surface area contributed by atoms with E-state index in [1.807, 2.05) is 51.9 Å². The summed E-state index contributed by atoms with van der Waals surface area (Å²) in [7, 11) is 5.46. The fourth-order valence-electron chi connectivity index (χ4n) is 2.15. The first-order chi connectivity index (χ1) is 10.4. The van der Waals surface area contributed by atoms with Crippen molar-refractivity contribution < 1.29 is 0 Å². The van der Waals surface area contributed by atoms with Crippen LogP contribution in [-0.2, 0) is 0 Å². The fraction of sp³-hybridized carbons (Fsp3) is 0.400. The quantitative estimate of drug-likeness (QED) is 0.876. The normalized spacial score (nSPS) is 11.0. The summed E-state index contributed by atoms with van der Waals surface area (Å²) in [4.78, 5) is 14.9. The smallest absolute Gasteiger partial charge is 0.232 e. The molecule has 0 spiro atoms.